The van der Waals surface area contributed by atoms with Gasteiger partial charge in [-0.3, -0.25) is 10.1 Å². The maximum Gasteiger partial charge on any atom is 0.417 e. The summed E-state index contributed by atoms with van der Waals surface area (Å²) in [6, 6.07) is 5.76. The summed E-state index contributed by atoms with van der Waals surface area (Å²) in [5.74, 6) is -2.85. The number of alkyl halides is 3. The molecule has 1 atom stereocenters. The Kier molecular flexibility index (Phi) is 4.39. The maximum absolute atomic E-state index is 12.8. The fourth-order valence-corrected chi connectivity index (χ4v) is 1.48. The number of carbonyl (C=O) groups excluding carboxylic acids is 1. The Morgan fingerprint density at radius 2 is 1.85 bits per heavy atom. The molecule has 0 saturated heterocycles. The third kappa shape index (κ3) is 3.08. The van der Waals surface area contributed by atoms with E-state index in [1.807, 2.05) is 5.32 Å². The second kappa shape index (κ2) is 5.49. The molecule has 1 aromatic carbocycles. The Morgan fingerprint density at radius 3 is 2.30 bits per heavy atom. The number of nitrogens with two attached hydrogens (primary N) is 1. The number of hydrogen-bond acceptors (Lipinski definition) is 3. The van der Waals surface area contributed by atoms with E-state index in [9.17, 15) is 22.8 Å². The number of halogens is 3. The highest BCUT2D eigenvalue weighted by molar-refractivity contribution is 5.94. The number of carbonyl (C=O) groups is 2. The van der Waals surface area contributed by atoms with Gasteiger partial charge >= 0.3 is 12.1 Å². The van der Waals surface area contributed by atoms with E-state index in [1.54, 1.807) is 0 Å². The van der Waals surface area contributed by atoms with Crippen molar-refractivity contribution in [1.82, 2.24) is 5.32 Å². The molecule has 0 bridgehead atoms. The van der Waals surface area contributed by atoms with Crippen LogP contribution in [-0.2, 0) is 11.3 Å². The largest absolute Gasteiger partial charge is 0.480 e. The number of carboxylic acid groups (broad SMARTS) is 1. The van der Waals surface area contributed by atoms with Crippen LogP contribution in [0.4, 0.5) is 13.2 Å². The molecule has 1 aromatic rings. The zero-order chi connectivity index (χ0) is 15.6. The highest BCUT2D eigenvalue weighted by Crippen LogP contribution is 2.30. The second-order valence-corrected chi connectivity index (χ2v) is 4.30. The lowest BCUT2D eigenvalue weighted by Crippen LogP contribution is -2.59. The fourth-order valence-electron chi connectivity index (χ4n) is 1.48. The van der Waals surface area contributed by atoms with Gasteiger partial charge in [-0.1, -0.05) is 18.2 Å². The zero-order valence-electron chi connectivity index (χ0n) is 10.5. The predicted octanol–water partition coefficient (Wildman–Crippen LogP) is 1.28. The van der Waals surface area contributed by atoms with Crippen LogP contribution in [-0.4, -0.2) is 28.7 Å². The van der Waals surface area contributed by atoms with E-state index in [0.717, 1.165) is 0 Å². The number of rotatable bonds is 5. The average molecular weight is 290 g/mol. The van der Waals surface area contributed by atoms with E-state index in [-0.39, 0.29) is 11.1 Å². The van der Waals surface area contributed by atoms with Crippen molar-refractivity contribution in [3.05, 3.63) is 35.4 Å². The SMILES string of the molecule is CC(NCc1ccccc1C(N)=O)(C(=O)O)C(F)(F)F. The predicted molar refractivity (Wildman–Crippen MR) is 63.9 cm³/mol. The van der Waals surface area contributed by atoms with E-state index in [1.165, 1.54) is 24.3 Å². The van der Waals surface area contributed by atoms with Gasteiger partial charge in [-0.15, -0.1) is 0 Å². The van der Waals surface area contributed by atoms with E-state index in [4.69, 9.17) is 10.8 Å². The highest BCUT2D eigenvalue weighted by atomic mass is 19.4. The molecule has 1 amide bonds. The number of aliphatic carboxylic acids is 1. The summed E-state index contributed by atoms with van der Waals surface area (Å²) in [5.41, 5.74) is 2.21. The summed E-state index contributed by atoms with van der Waals surface area (Å²) in [4.78, 5) is 22.0. The minimum absolute atomic E-state index is 0.0370. The lowest BCUT2D eigenvalue weighted by molar-refractivity contribution is -0.206. The summed E-state index contributed by atoms with van der Waals surface area (Å²) >= 11 is 0. The smallest absolute Gasteiger partial charge is 0.417 e. The standard InChI is InChI=1S/C12H13F3N2O3/c1-11(10(19)20,12(13,14)15)17-6-7-4-2-3-5-8(7)9(16)18/h2-5,17H,6H2,1H3,(H2,16,18)(H,19,20). The van der Waals surface area contributed by atoms with Gasteiger partial charge in [-0.25, -0.2) is 4.79 Å². The van der Waals surface area contributed by atoms with E-state index in [2.05, 4.69) is 0 Å². The van der Waals surface area contributed by atoms with Crippen LogP contribution in [0.15, 0.2) is 24.3 Å². The summed E-state index contributed by atoms with van der Waals surface area (Å²) < 4.78 is 38.3. The number of benzene rings is 1. The molecule has 0 saturated carbocycles. The van der Waals surface area contributed by atoms with Crippen LogP contribution >= 0.6 is 0 Å². The Labute approximate surface area is 112 Å². The summed E-state index contributed by atoms with van der Waals surface area (Å²) in [7, 11) is 0. The molecule has 1 rings (SSSR count). The van der Waals surface area contributed by atoms with Gasteiger partial charge in [0.25, 0.3) is 0 Å². The van der Waals surface area contributed by atoms with Crippen molar-refractivity contribution < 1.29 is 27.9 Å². The molecule has 0 aliphatic heterocycles. The number of nitrogens with one attached hydrogen (secondary N) is 1. The molecular weight excluding hydrogens is 277 g/mol. The third-order valence-electron chi connectivity index (χ3n) is 2.91. The molecule has 0 spiro atoms. The van der Waals surface area contributed by atoms with Gasteiger partial charge in [0.1, 0.15) is 0 Å². The van der Waals surface area contributed by atoms with Gasteiger partial charge in [-0.05, 0) is 18.6 Å². The minimum Gasteiger partial charge on any atom is -0.480 e. The van der Waals surface area contributed by atoms with Crippen LogP contribution in [0.5, 0.6) is 0 Å². The van der Waals surface area contributed by atoms with Gasteiger partial charge in [0.2, 0.25) is 11.4 Å². The third-order valence-corrected chi connectivity index (χ3v) is 2.91. The first-order valence-corrected chi connectivity index (χ1v) is 5.52. The van der Waals surface area contributed by atoms with E-state index >= 15 is 0 Å². The Hall–Kier alpha value is -2.09. The van der Waals surface area contributed by atoms with Crippen LogP contribution in [0.2, 0.25) is 0 Å². The lowest BCUT2D eigenvalue weighted by Gasteiger charge is -2.29. The van der Waals surface area contributed by atoms with Gasteiger partial charge in [-0.2, -0.15) is 13.2 Å². The molecule has 4 N–H and O–H groups in total. The summed E-state index contributed by atoms with van der Waals surface area (Å²) in [6.45, 7) is 0.0592. The summed E-state index contributed by atoms with van der Waals surface area (Å²) in [5, 5.41) is 10.7. The Bertz CT molecular complexity index is 531. The lowest BCUT2D eigenvalue weighted by atomic mass is 10.00. The molecule has 0 heterocycles. The minimum atomic E-state index is -4.99. The van der Waals surface area contributed by atoms with Crippen LogP contribution in [0.1, 0.15) is 22.8 Å². The van der Waals surface area contributed by atoms with Crippen molar-refractivity contribution in [3.63, 3.8) is 0 Å². The molecule has 20 heavy (non-hydrogen) atoms. The molecule has 0 aliphatic carbocycles. The van der Waals surface area contributed by atoms with E-state index in [0.29, 0.717) is 6.92 Å². The molecule has 0 aromatic heterocycles. The van der Waals surface area contributed by atoms with Gasteiger partial charge < -0.3 is 10.8 Å². The van der Waals surface area contributed by atoms with Crippen LogP contribution < -0.4 is 11.1 Å². The molecule has 8 heteroatoms. The number of carboxylic acids is 1. The van der Waals surface area contributed by atoms with Gasteiger partial charge in [0.05, 0.1) is 0 Å². The molecule has 0 fully saturated rings. The van der Waals surface area contributed by atoms with Crippen molar-refractivity contribution in [2.24, 2.45) is 5.73 Å². The van der Waals surface area contributed by atoms with Gasteiger partial charge in [0, 0.05) is 12.1 Å². The monoisotopic (exact) mass is 290 g/mol. The first kappa shape index (κ1) is 16.0. The first-order chi connectivity index (χ1) is 9.09. The average Bonchev–Trinajstić information content (AvgIpc) is 2.34. The number of amides is 1. The Balaban J connectivity index is 3.01. The summed E-state index contributed by atoms with van der Waals surface area (Å²) in [6.07, 6.45) is -4.99. The van der Waals surface area contributed by atoms with Crippen molar-refractivity contribution in [1.29, 1.82) is 0 Å². The maximum atomic E-state index is 12.8. The molecule has 0 radical (unpaired) electrons. The molecular formula is C12H13F3N2O3. The van der Waals surface area contributed by atoms with Crippen molar-refractivity contribution in [3.8, 4) is 0 Å². The van der Waals surface area contributed by atoms with Crippen LogP contribution in [0.3, 0.4) is 0 Å². The zero-order valence-corrected chi connectivity index (χ0v) is 10.5. The van der Waals surface area contributed by atoms with Crippen molar-refractivity contribution in [2.75, 3.05) is 0 Å². The van der Waals surface area contributed by atoms with Gasteiger partial charge in [0.15, 0.2) is 0 Å². The molecule has 1 unspecified atom stereocenters. The topological polar surface area (TPSA) is 92.4 Å². The molecule has 5 nitrogen and oxygen atoms in total. The highest BCUT2D eigenvalue weighted by Gasteiger charge is 2.57. The molecule has 110 valence electrons. The van der Waals surface area contributed by atoms with E-state index < -0.39 is 30.1 Å². The quantitative estimate of drug-likeness (QED) is 0.761. The molecule has 0 aliphatic rings. The van der Waals surface area contributed by atoms with Crippen molar-refractivity contribution >= 4 is 11.9 Å². The number of hydrogen-bond donors (Lipinski definition) is 3. The van der Waals surface area contributed by atoms with Crippen LogP contribution in [0.25, 0.3) is 0 Å². The van der Waals surface area contributed by atoms with Crippen molar-refractivity contribution in [2.45, 2.75) is 25.2 Å². The second-order valence-electron chi connectivity index (χ2n) is 4.30. The Morgan fingerprint density at radius 1 is 1.30 bits per heavy atom. The number of primary amides is 1. The van der Waals surface area contributed by atoms with Crippen LogP contribution in [0, 0.1) is 0 Å². The first-order valence-electron chi connectivity index (χ1n) is 5.52. The fraction of sp³-hybridized carbons (Fsp3) is 0.333. The normalized spacial score (nSPS) is 14.6.